The van der Waals surface area contributed by atoms with Gasteiger partial charge in [0.1, 0.15) is 12.6 Å². The van der Waals surface area contributed by atoms with Crippen molar-refractivity contribution < 1.29 is 23.9 Å². The maximum absolute atomic E-state index is 13.5. The number of hydrogen-bond donors (Lipinski definition) is 2. The van der Waals surface area contributed by atoms with Crippen LogP contribution in [0.15, 0.2) is 48.7 Å². The number of nitrogens with zero attached hydrogens (tertiary/aromatic N) is 2. The second kappa shape index (κ2) is 8.89. The topological polar surface area (TPSA) is 104 Å². The number of ether oxygens (including phenoxy) is 2. The highest BCUT2D eigenvalue weighted by molar-refractivity contribution is 6.06. The first-order valence-corrected chi connectivity index (χ1v) is 12.3. The predicted molar refractivity (Wildman–Crippen MR) is 131 cm³/mol. The lowest BCUT2D eigenvalue weighted by molar-refractivity contribution is -0.139. The Kier molecular flexibility index (Phi) is 5.55. The van der Waals surface area contributed by atoms with Gasteiger partial charge in [-0.3, -0.25) is 14.5 Å². The van der Waals surface area contributed by atoms with Crippen LogP contribution in [0.25, 0.3) is 10.9 Å². The molecular formula is C27H28N4O5. The van der Waals surface area contributed by atoms with Crippen LogP contribution in [0.5, 0.6) is 11.5 Å². The molecule has 2 atom stereocenters. The Balaban J connectivity index is 1.17. The summed E-state index contributed by atoms with van der Waals surface area (Å²) in [7, 11) is 0. The third-order valence-electron chi connectivity index (χ3n) is 7.41. The molecule has 9 nitrogen and oxygen atoms in total. The van der Waals surface area contributed by atoms with E-state index in [1.807, 2.05) is 55.6 Å². The van der Waals surface area contributed by atoms with Gasteiger partial charge in [-0.05, 0) is 55.0 Å². The highest BCUT2D eigenvalue weighted by Gasteiger charge is 2.41. The van der Waals surface area contributed by atoms with Crippen LogP contribution in [0.1, 0.15) is 30.9 Å². The van der Waals surface area contributed by atoms with E-state index >= 15 is 0 Å². The van der Waals surface area contributed by atoms with Crippen molar-refractivity contribution in [1.82, 2.24) is 20.1 Å². The molecule has 1 aliphatic carbocycles. The highest BCUT2D eigenvalue weighted by Crippen LogP contribution is 2.37. The van der Waals surface area contributed by atoms with Gasteiger partial charge in [0.15, 0.2) is 11.5 Å². The van der Waals surface area contributed by atoms with Gasteiger partial charge in [-0.15, -0.1) is 0 Å². The van der Waals surface area contributed by atoms with Crippen LogP contribution in [0.4, 0.5) is 4.79 Å². The van der Waals surface area contributed by atoms with E-state index < -0.39 is 12.1 Å². The predicted octanol–water partition coefficient (Wildman–Crippen LogP) is 3.19. The zero-order valence-corrected chi connectivity index (χ0v) is 20.0. The minimum absolute atomic E-state index is 0.00528. The molecule has 3 aromatic rings. The van der Waals surface area contributed by atoms with Crippen molar-refractivity contribution in [1.29, 1.82) is 0 Å². The average Bonchev–Trinajstić information content (AvgIpc) is 3.41. The number of carbonyl (C=O) groups excluding carboxylic acids is 3. The molecule has 1 saturated heterocycles. The second-order valence-corrected chi connectivity index (χ2v) is 9.78. The zero-order chi connectivity index (χ0) is 24.8. The van der Waals surface area contributed by atoms with Crippen LogP contribution in [0, 0.1) is 5.92 Å². The van der Waals surface area contributed by atoms with Gasteiger partial charge >= 0.3 is 6.03 Å². The number of aromatic nitrogens is 1. The van der Waals surface area contributed by atoms with Crippen molar-refractivity contribution in [2.24, 2.45) is 5.92 Å². The Bertz CT molecular complexity index is 1350. The molecule has 9 heteroatoms. The number of benzene rings is 2. The van der Waals surface area contributed by atoms with Crippen molar-refractivity contribution in [2.45, 2.75) is 44.8 Å². The molecule has 2 aromatic carbocycles. The van der Waals surface area contributed by atoms with E-state index in [-0.39, 0.29) is 31.2 Å². The molecule has 36 heavy (non-hydrogen) atoms. The monoisotopic (exact) mass is 488 g/mol. The lowest BCUT2D eigenvalue weighted by atomic mass is 10.1. The quantitative estimate of drug-likeness (QED) is 0.474. The fourth-order valence-corrected chi connectivity index (χ4v) is 5.14. The molecule has 0 spiro atoms. The minimum Gasteiger partial charge on any atom is -0.454 e. The molecule has 0 bridgehead atoms. The van der Waals surface area contributed by atoms with Gasteiger partial charge in [-0.1, -0.05) is 24.3 Å². The Labute approximate surface area is 208 Å². The summed E-state index contributed by atoms with van der Waals surface area (Å²) in [4.78, 5) is 45.4. The van der Waals surface area contributed by atoms with Crippen molar-refractivity contribution in [3.05, 3.63) is 59.8 Å². The summed E-state index contributed by atoms with van der Waals surface area (Å²) in [5.74, 6) is 1.16. The molecule has 4 amide bonds. The van der Waals surface area contributed by atoms with Gasteiger partial charge < -0.3 is 24.7 Å². The summed E-state index contributed by atoms with van der Waals surface area (Å²) in [6, 6.07) is 12.2. The second-order valence-electron chi connectivity index (χ2n) is 9.78. The van der Waals surface area contributed by atoms with E-state index in [9.17, 15) is 14.4 Å². The summed E-state index contributed by atoms with van der Waals surface area (Å²) < 4.78 is 10.9. The Hall–Kier alpha value is -4.01. The number of H-pyrrole nitrogens is 1. The van der Waals surface area contributed by atoms with Crippen LogP contribution in [-0.4, -0.2) is 58.1 Å². The molecule has 2 aliphatic heterocycles. The first-order chi connectivity index (χ1) is 17.5. The van der Waals surface area contributed by atoms with E-state index in [1.165, 1.54) is 0 Å². The maximum atomic E-state index is 13.5. The summed E-state index contributed by atoms with van der Waals surface area (Å²) in [6.07, 6.45) is 4.37. The molecule has 2 N–H and O–H groups in total. The molecule has 6 rings (SSSR count). The number of carbonyl (C=O) groups is 3. The van der Waals surface area contributed by atoms with Gasteiger partial charge in [-0.25, -0.2) is 4.79 Å². The van der Waals surface area contributed by atoms with Gasteiger partial charge in [0.25, 0.3) is 5.91 Å². The fraction of sp³-hybridized carbons (Fsp3) is 0.370. The third kappa shape index (κ3) is 4.14. The third-order valence-corrected chi connectivity index (χ3v) is 7.41. The van der Waals surface area contributed by atoms with Crippen LogP contribution in [0.2, 0.25) is 0 Å². The van der Waals surface area contributed by atoms with Gasteiger partial charge in [0, 0.05) is 36.1 Å². The number of rotatable bonds is 8. The first kappa shape index (κ1) is 22.5. The number of para-hydroxylation sites is 1. The lowest BCUT2D eigenvalue weighted by Gasteiger charge is -2.31. The van der Waals surface area contributed by atoms with Crippen molar-refractivity contribution in [3.63, 3.8) is 0 Å². The minimum atomic E-state index is -0.701. The molecule has 3 heterocycles. The summed E-state index contributed by atoms with van der Waals surface area (Å²) >= 11 is 0. The largest absolute Gasteiger partial charge is 0.454 e. The van der Waals surface area contributed by atoms with Crippen molar-refractivity contribution >= 4 is 28.7 Å². The molecular weight excluding hydrogens is 460 g/mol. The van der Waals surface area contributed by atoms with E-state index in [2.05, 4.69) is 10.3 Å². The first-order valence-electron chi connectivity index (χ1n) is 12.3. The number of urea groups is 1. The fourth-order valence-electron chi connectivity index (χ4n) is 5.14. The van der Waals surface area contributed by atoms with Crippen LogP contribution in [-0.2, 0) is 22.6 Å². The SMILES string of the molecule is CC(C1CC1)N(Cc1ccc2c(c1)OCO2)C(=O)CN1C(=O)NC(Cc2c[nH]c3ccccc23)C1=O. The van der Waals surface area contributed by atoms with E-state index in [4.69, 9.17) is 9.47 Å². The number of fused-ring (bicyclic) bond motifs is 2. The zero-order valence-electron chi connectivity index (χ0n) is 20.0. The van der Waals surface area contributed by atoms with Gasteiger partial charge in [0.2, 0.25) is 12.7 Å². The molecule has 1 saturated carbocycles. The lowest BCUT2D eigenvalue weighted by Crippen LogP contribution is -2.47. The molecule has 2 fully saturated rings. The molecule has 0 radical (unpaired) electrons. The van der Waals surface area contributed by atoms with Crippen LogP contribution in [0.3, 0.4) is 0 Å². The Morgan fingerprint density at radius 1 is 1.14 bits per heavy atom. The highest BCUT2D eigenvalue weighted by atomic mass is 16.7. The van der Waals surface area contributed by atoms with Crippen molar-refractivity contribution in [3.8, 4) is 11.5 Å². The molecule has 1 aromatic heterocycles. The maximum Gasteiger partial charge on any atom is 0.325 e. The number of amides is 4. The number of hydrogen-bond acceptors (Lipinski definition) is 5. The number of imide groups is 1. The number of aromatic amines is 1. The van der Waals surface area contributed by atoms with E-state index in [0.29, 0.717) is 30.4 Å². The molecule has 186 valence electrons. The van der Waals surface area contributed by atoms with Crippen LogP contribution >= 0.6 is 0 Å². The van der Waals surface area contributed by atoms with E-state index in [0.717, 1.165) is 39.8 Å². The van der Waals surface area contributed by atoms with Crippen molar-refractivity contribution in [2.75, 3.05) is 13.3 Å². The smallest absolute Gasteiger partial charge is 0.325 e. The Morgan fingerprint density at radius 3 is 2.78 bits per heavy atom. The van der Waals surface area contributed by atoms with E-state index in [1.54, 1.807) is 4.90 Å². The number of nitrogens with one attached hydrogen (secondary N) is 2. The van der Waals surface area contributed by atoms with Gasteiger partial charge in [0.05, 0.1) is 0 Å². The standard InChI is InChI=1S/C27H28N4O5/c1-16(18-7-8-18)30(13-17-6-9-23-24(10-17)36-15-35-23)25(32)14-31-26(33)22(29-27(31)34)11-19-12-28-21-5-3-2-4-20(19)21/h2-6,9-10,12,16,18,22,28H,7-8,11,13-15H2,1H3,(H,29,34). The summed E-state index contributed by atoms with van der Waals surface area (Å²) in [5, 5.41) is 3.78. The normalized spacial score (nSPS) is 19.6. The summed E-state index contributed by atoms with van der Waals surface area (Å²) in [6.45, 7) is 2.31. The average molecular weight is 489 g/mol. The summed E-state index contributed by atoms with van der Waals surface area (Å²) in [5.41, 5.74) is 2.84. The van der Waals surface area contributed by atoms with Crippen LogP contribution < -0.4 is 14.8 Å². The molecule has 2 unspecified atom stereocenters. The van der Waals surface area contributed by atoms with Gasteiger partial charge in [-0.2, -0.15) is 0 Å². The Morgan fingerprint density at radius 2 is 1.94 bits per heavy atom. The molecule has 3 aliphatic rings.